The van der Waals surface area contributed by atoms with E-state index in [0.29, 0.717) is 23.0 Å². The summed E-state index contributed by atoms with van der Waals surface area (Å²) in [4.78, 5) is 24.0. The SMILES string of the molecule is O=C(O)C[C@@H](Cc1ccc(-c2ccccc2)cc1)NC(=O)c1ccc2n[nH]nc2c1. The molecule has 4 aromatic rings. The van der Waals surface area contributed by atoms with Crippen molar-refractivity contribution in [3.8, 4) is 11.1 Å². The Morgan fingerprint density at radius 2 is 1.60 bits per heavy atom. The Kier molecular flexibility index (Phi) is 5.52. The van der Waals surface area contributed by atoms with Gasteiger partial charge in [0.25, 0.3) is 5.91 Å². The van der Waals surface area contributed by atoms with Crippen molar-refractivity contribution in [1.29, 1.82) is 0 Å². The number of aromatic amines is 1. The summed E-state index contributed by atoms with van der Waals surface area (Å²) < 4.78 is 0. The zero-order chi connectivity index (χ0) is 20.9. The number of rotatable bonds is 7. The fourth-order valence-electron chi connectivity index (χ4n) is 3.38. The minimum absolute atomic E-state index is 0.168. The van der Waals surface area contributed by atoms with Crippen LogP contribution in [0.1, 0.15) is 22.3 Å². The van der Waals surface area contributed by atoms with Crippen molar-refractivity contribution in [2.45, 2.75) is 18.9 Å². The van der Waals surface area contributed by atoms with Gasteiger partial charge in [-0.2, -0.15) is 15.4 Å². The molecule has 1 atom stereocenters. The maximum absolute atomic E-state index is 12.7. The number of carbonyl (C=O) groups excluding carboxylic acids is 1. The van der Waals surface area contributed by atoms with E-state index >= 15 is 0 Å². The lowest BCUT2D eigenvalue weighted by Crippen LogP contribution is -2.38. The van der Waals surface area contributed by atoms with Gasteiger partial charge in [0.15, 0.2) is 0 Å². The van der Waals surface area contributed by atoms with Gasteiger partial charge in [0.1, 0.15) is 11.0 Å². The van der Waals surface area contributed by atoms with Crippen LogP contribution in [0.15, 0.2) is 72.8 Å². The molecular weight excluding hydrogens is 380 g/mol. The highest BCUT2D eigenvalue weighted by Gasteiger charge is 2.18. The van der Waals surface area contributed by atoms with Crippen LogP contribution in [-0.2, 0) is 11.2 Å². The standard InChI is InChI=1S/C23H20N4O3/c28-22(29)14-19(24-23(30)18-10-11-20-21(13-18)26-27-25-20)12-15-6-8-17(9-7-15)16-4-2-1-3-5-16/h1-11,13,19H,12,14H2,(H,24,30)(H,28,29)(H,25,26,27)/t19-/m1/s1. The Balaban J connectivity index is 1.48. The van der Waals surface area contributed by atoms with Crippen LogP contribution in [-0.4, -0.2) is 38.4 Å². The fraction of sp³-hybridized carbons (Fsp3) is 0.130. The number of aromatic nitrogens is 3. The first-order valence-electron chi connectivity index (χ1n) is 9.56. The average molecular weight is 400 g/mol. The number of H-pyrrole nitrogens is 1. The number of carboxylic acid groups (broad SMARTS) is 1. The summed E-state index contributed by atoms with van der Waals surface area (Å²) in [5.74, 6) is -1.31. The molecule has 0 aliphatic heterocycles. The predicted octanol–water partition coefficient (Wildman–Crippen LogP) is 3.44. The van der Waals surface area contributed by atoms with Crippen molar-refractivity contribution in [3.05, 3.63) is 83.9 Å². The van der Waals surface area contributed by atoms with Gasteiger partial charge in [-0.15, -0.1) is 0 Å². The number of carbonyl (C=O) groups is 2. The van der Waals surface area contributed by atoms with Crippen molar-refractivity contribution in [2.24, 2.45) is 0 Å². The monoisotopic (exact) mass is 400 g/mol. The van der Waals surface area contributed by atoms with Crippen LogP contribution in [0, 0.1) is 0 Å². The largest absolute Gasteiger partial charge is 0.481 e. The molecule has 0 unspecified atom stereocenters. The van der Waals surface area contributed by atoms with E-state index in [9.17, 15) is 14.7 Å². The average Bonchev–Trinajstić information content (AvgIpc) is 3.22. The smallest absolute Gasteiger partial charge is 0.305 e. The Morgan fingerprint density at radius 3 is 2.33 bits per heavy atom. The maximum atomic E-state index is 12.7. The second-order valence-electron chi connectivity index (χ2n) is 7.06. The molecule has 0 fully saturated rings. The molecular formula is C23H20N4O3. The first kappa shape index (κ1) is 19.3. The number of carboxylic acids is 1. The third kappa shape index (κ3) is 4.52. The van der Waals surface area contributed by atoms with Gasteiger partial charge < -0.3 is 10.4 Å². The maximum Gasteiger partial charge on any atom is 0.305 e. The molecule has 0 aliphatic rings. The third-order valence-corrected chi connectivity index (χ3v) is 4.88. The minimum atomic E-state index is -0.965. The van der Waals surface area contributed by atoms with E-state index < -0.39 is 12.0 Å². The summed E-state index contributed by atoms with van der Waals surface area (Å²) in [5, 5.41) is 22.6. The molecule has 0 saturated carbocycles. The van der Waals surface area contributed by atoms with E-state index in [-0.39, 0.29) is 12.3 Å². The molecule has 30 heavy (non-hydrogen) atoms. The van der Waals surface area contributed by atoms with Crippen LogP contribution in [0.25, 0.3) is 22.2 Å². The summed E-state index contributed by atoms with van der Waals surface area (Å²) in [6, 6.07) is 22.4. The highest BCUT2D eigenvalue weighted by molar-refractivity contribution is 5.97. The van der Waals surface area contributed by atoms with E-state index in [4.69, 9.17) is 0 Å². The molecule has 0 saturated heterocycles. The van der Waals surface area contributed by atoms with Crippen molar-refractivity contribution >= 4 is 22.9 Å². The summed E-state index contributed by atoms with van der Waals surface area (Å²) in [6.07, 6.45) is 0.248. The fourth-order valence-corrected chi connectivity index (χ4v) is 3.38. The van der Waals surface area contributed by atoms with Crippen molar-refractivity contribution in [1.82, 2.24) is 20.7 Å². The number of hydrogen-bond acceptors (Lipinski definition) is 4. The molecule has 1 heterocycles. The number of benzene rings is 3. The van der Waals surface area contributed by atoms with E-state index in [1.54, 1.807) is 18.2 Å². The lowest BCUT2D eigenvalue weighted by atomic mass is 9.99. The van der Waals surface area contributed by atoms with Gasteiger partial charge in [-0.1, -0.05) is 54.6 Å². The Hall–Kier alpha value is -4.00. The van der Waals surface area contributed by atoms with Gasteiger partial charge in [-0.3, -0.25) is 9.59 Å². The number of nitrogens with zero attached hydrogens (tertiary/aromatic N) is 2. The molecule has 3 aromatic carbocycles. The highest BCUT2D eigenvalue weighted by Crippen LogP contribution is 2.20. The van der Waals surface area contributed by atoms with E-state index in [1.165, 1.54) is 0 Å². The van der Waals surface area contributed by atoms with Crippen LogP contribution < -0.4 is 5.32 Å². The Morgan fingerprint density at radius 1 is 0.900 bits per heavy atom. The Bertz CT molecular complexity index is 1170. The van der Waals surface area contributed by atoms with Gasteiger partial charge in [0, 0.05) is 11.6 Å². The predicted molar refractivity (Wildman–Crippen MR) is 113 cm³/mol. The van der Waals surface area contributed by atoms with Crippen LogP contribution in [0.4, 0.5) is 0 Å². The second kappa shape index (κ2) is 8.57. The molecule has 7 nitrogen and oxygen atoms in total. The number of hydrogen-bond donors (Lipinski definition) is 3. The lowest BCUT2D eigenvalue weighted by Gasteiger charge is -2.17. The highest BCUT2D eigenvalue weighted by atomic mass is 16.4. The van der Waals surface area contributed by atoms with Crippen LogP contribution in [0.5, 0.6) is 0 Å². The van der Waals surface area contributed by atoms with E-state index in [1.807, 2.05) is 54.6 Å². The number of fused-ring (bicyclic) bond motifs is 1. The van der Waals surface area contributed by atoms with Crippen molar-refractivity contribution in [3.63, 3.8) is 0 Å². The first-order valence-corrected chi connectivity index (χ1v) is 9.56. The second-order valence-corrected chi connectivity index (χ2v) is 7.06. The quantitative estimate of drug-likeness (QED) is 0.440. The zero-order valence-electron chi connectivity index (χ0n) is 16.1. The van der Waals surface area contributed by atoms with Crippen molar-refractivity contribution < 1.29 is 14.7 Å². The van der Waals surface area contributed by atoms with Crippen LogP contribution >= 0.6 is 0 Å². The summed E-state index contributed by atoms with van der Waals surface area (Å²) >= 11 is 0. The van der Waals surface area contributed by atoms with Gasteiger partial charge in [-0.25, -0.2) is 0 Å². The van der Waals surface area contributed by atoms with Gasteiger partial charge in [0.05, 0.1) is 6.42 Å². The molecule has 7 heteroatoms. The molecule has 1 aromatic heterocycles. The summed E-state index contributed by atoms with van der Waals surface area (Å²) in [7, 11) is 0. The lowest BCUT2D eigenvalue weighted by molar-refractivity contribution is -0.137. The molecule has 150 valence electrons. The minimum Gasteiger partial charge on any atom is -0.481 e. The molecule has 4 rings (SSSR count). The number of amides is 1. The van der Waals surface area contributed by atoms with E-state index in [2.05, 4.69) is 20.7 Å². The molecule has 1 amide bonds. The topological polar surface area (TPSA) is 108 Å². The zero-order valence-corrected chi connectivity index (χ0v) is 16.1. The summed E-state index contributed by atoms with van der Waals surface area (Å²) in [6.45, 7) is 0. The molecule has 0 radical (unpaired) electrons. The third-order valence-electron chi connectivity index (χ3n) is 4.88. The Labute approximate surface area is 172 Å². The summed E-state index contributed by atoms with van der Waals surface area (Å²) in [5.41, 5.74) is 4.79. The van der Waals surface area contributed by atoms with Gasteiger partial charge >= 0.3 is 5.97 Å². The van der Waals surface area contributed by atoms with Gasteiger partial charge in [0.2, 0.25) is 0 Å². The molecule has 0 bridgehead atoms. The van der Waals surface area contributed by atoms with Crippen LogP contribution in [0.3, 0.4) is 0 Å². The van der Waals surface area contributed by atoms with Gasteiger partial charge in [-0.05, 0) is 41.3 Å². The van der Waals surface area contributed by atoms with E-state index in [0.717, 1.165) is 16.7 Å². The molecule has 0 spiro atoms. The van der Waals surface area contributed by atoms with Crippen molar-refractivity contribution in [2.75, 3.05) is 0 Å². The molecule has 3 N–H and O–H groups in total. The normalized spacial score (nSPS) is 11.9. The number of nitrogens with one attached hydrogen (secondary N) is 2. The first-order chi connectivity index (χ1) is 14.6. The van der Waals surface area contributed by atoms with Crippen LogP contribution in [0.2, 0.25) is 0 Å². The molecule has 0 aliphatic carbocycles. The number of aliphatic carboxylic acids is 1.